The molecule has 2 fully saturated rings. The Morgan fingerprint density at radius 2 is 2.08 bits per heavy atom. The Balaban J connectivity index is 1.73. The van der Waals surface area contributed by atoms with Crippen LogP contribution in [0.3, 0.4) is 0 Å². The van der Waals surface area contributed by atoms with Crippen LogP contribution in [0.4, 0.5) is 0 Å². The summed E-state index contributed by atoms with van der Waals surface area (Å²) < 4.78 is 0. The molecular weight excluding hydrogens is 166 g/mol. The summed E-state index contributed by atoms with van der Waals surface area (Å²) in [6.45, 7) is 1.17. The van der Waals surface area contributed by atoms with Gasteiger partial charge in [0.1, 0.15) is 0 Å². The number of hydrogen-bond donors (Lipinski definition) is 3. The van der Waals surface area contributed by atoms with E-state index in [4.69, 9.17) is 5.11 Å². The zero-order chi connectivity index (χ0) is 9.31. The highest BCUT2D eigenvalue weighted by Crippen LogP contribution is 2.44. The van der Waals surface area contributed by atoms with Gasteiger partial charge in [-0.1, -0.05) is 0 Å². The van der Waals surface area contributed by atoms with Gasteiger partial charge in [0, 0.05) is 24.6 Å². The van der Waals surface area contributed by atoms with Gasteiger partial charge in [0.25, 0.3) is 0 Å². The molecule has 2 aliphatic carbocycles. The molecule has 0 amide bonds. The van der Waals surface area contributed by atoms with E-state index in [2.05, 4.69) is 5.32 Å². The monoisotopic (exact) mass is 185 g/mol. The molecule has 76 valence electrons. The Kier molecular flexibility index (Phi) is 2.58. The summed E-state index contributed by atoms with van der Waals surface area (Å²) in [7, 11) is 0. The van der Waals surface area contributed by atoms with Crippen LogP contribution in [0.15, 0.2) is 0 Å². The maximum absolute atomic E-state index is 9.55. The van der Waals surface area contributed by atoms with Crippen molar-refractivity contribution in [1.82, 2.24) is 5.32 Å². The zero-order valence-electron chi connectivity index (χ0n) is 8.00. The van der Waals surface area contributed by atoms with E-state index < -0.39 is 0 Å². The van der Waals surface area contributed by atoms with Crippen molar-refractivity contribution < 1.29 is 10.2 Å². The Bertz CT molecular complexity index is 180. The van der Waals surface area contributed by atoms with E-state index in [0.29, 0.717) is 6.61 Å². The van der Waals surface area contributed by atoms with Gasteiger partial charge < -0.3 is 15.5 Å². The maximum atomic E-state index is 9.55. The normalized spacial score (nSPS) is 36.5. The summed E-state index contributed by atoms with van der Waals surface area (Å²) >= 11 is 0. The average Bonchev–Trinajstić information content (AvgIpc) is 2.82. The standard InChI is InChI=1S/C10H19NO2/c12-7-10(4-5-10)6-11-8-2-1-3-9(8)13/h8-9,11-13H,1-7H2/t8-,9-/m0/s1. The van der Waals surface area contributed by atoms with Crippen LogP contribution in [-0.4, -0.2) is 35.5 Å². The maximum Gasteiger partial charge on any atom is 0.0693 e. The van der Waals surface area contributed by atoms with Crippen molar-refractivity contribution in [1.29, 1.82) is 0 Å². The topological polar surface area (TPSA) is 52.5 Å². The van der Waals surface area contributed by atoms with Crippen molar-refractivity contribution in [2.45, 2.75) is 44.2 Å². The Hall–Kier alpha value is -0.120. The van der Waals surface area contributed by atoms with Crippen LogP contribution in [0.2, 0.25) is 0 Å². The summed E-state index contributed by atoms with van der Waals surface area (Å²) in [5.74, 6) is 0. The molecule has 0 bridgehead atoms. The van der Waals surface area contributed by atoms with Crippen LogP contribution in [0.5, 0.6) is 0 Å². The molecule has 3 nitrogen and oxygen atoms in total. The van der Waals surface area contributed by atoms with E-state index in [9.17, 15) is 5.11 Å². The number of nitrogens with one attached hydrogen (secondary N) is 1. The summed E-state index contributed by atoms with van der Waals surface area (Å²) in [5, 5.41) is 22.0. The van der Waals surface area contributed by atoms with E-state index in [1.807, 2.05) is 0 Å². The summed E-state index contributed by atoms with van der Waals surface area (Å²) in [6.07, 6.45) is 5.27. The fourth-order valence-electron chi connectivity index (χ4n) is 2.09. The number of hydrogen-bond acceptors (Lipinski definition) is 3. The van der Waals surface area contributed by atoms with Crippen LogP contribution in [0, 0.1) is 5.41 Å². The second-order valence-corrected chi connectivity index (χ2v) is 4.64. The molecule has 0 aromatic rings. The van der Waals surface area contributed by atoms with Gasteiger partial charge in [-0.05, 0) is 32.1 Å². The van der Waals surface area contributed by atoms with Crippen LogP contribution in [-0.2, 0) is 0 Å². The van der Waals surface area contributed by atoms with Gasteiger partial charge >= 0.3 is 0 Å². The van der Waals surface area contributed by atoms with Crippen LogP contribution in [0.25, 0.3) is 0 Å². The average molecular weight is 185 g/mol. The molecule has 0 aliphatic heterocycles. The van der Waals surface area contributed by atoms with E-state index in [-0.39, 0.29) is 17.6 Å². The SMILES string of the molecule is OCC1(CN[C@H]2CCC[C@@H]2O)CC1. The quantitative estimate of drug-likeness (QED) is 0.589. The zero-order valence-corrected chi connectivity index (χ0v) is 8.00. The largest absolute Gasteiger partial charge is 0.396 e. The van der Waals surface area contributed by atoms with Crippen LogP contribution in [0.1, 0.15) is 32.1 Å². The summed E-state index contributed by atoms with van der Waals surface area (Å²) in [6, 6.07) is 0.282. The van der Waals surface area contributed by atoms with Crippen LogP contribution >= 0.6 is 0 Å². The van der Waals surface area contributed by atoms with Gasteiger partial charge in [0.05, 0.1) is 6.10 Å². The van der Waals surface area contributed by atoms with Crippen molar-refractivity contribution in [3.8, 4) is 0 Å². The molecule has 0 aromatic carbocycles. The molecular formula is C10H19NO2. The predicted octanol–water partition coefficient (Wildman–Crippen LogP) is 0.262. The third-order valence-electron chi connectivity index (χ3n) is 3.51. The highest BCUT2D eigenvalue weighted by Gasteiger charge is 2.42. The molecule has 0 aromatic heterocycles. The Morgan fingerprint density at radius 1 is 1.31 bits per heavy atom. The molecule has 2 atom stereocenters. The molecule has 2 aliphatic rings. The molecule has 0 heterocycles. The minimum Gasteiger partial charge on any atom is -0.396 e. The summed E-state index contributed by atoms with van der Waals surface area (Å²) in [4.78, 5) is 0. The molecule has 0 unspecified atom stereocenters. The predicted molar refractivity (Wildman–Crippen MR) is 50.4 cm³/mol. The highest BCUT2D eigenvalue weighted by molar-refractivity contribution is 4.96. The molecule has 2 rings (SSSR count). The third kappa shape index (κ3) is 2.03. The lowest BCUT2D eigenvalue weighted by Gasteiger charge is -2.20. The molecule has 2 saturated carbocycles. The van der Waals surface area contributed by atoms with Crippen LogP contribution < -0.4 is 5.32 Å². The smallest absolute Gasteiger partial charge is 0.0693 e. The molecule has 0 saturated heterocycles. The fourth-order valence-corrected chi connectivity index (χ4v) is 2.09. The first-order valence-corrected chi connectivity index (χ1v) is 5.28. The van der Waals surface area contributed by atoms with E-state index in [1.165, 1.54) is 0 Å². The Labute approximate surface area is 79.2 Å². The van der Waals surface area contributed by atoms with Crippen molar-refractivity contribution in [2.24, 2.45) is 5.41 Å². The van der Waals surface area contributed by atoms with E-state index in [1.54, 1.807) is 0 Å². The van der Waals surface area contributed by atoms with E-state index >= 15 is 0 Å². The third-order valence-corrected chi connectivity index (χ3v) is 3.51. The van der Waals surface area contributed by atoms with Crippen molar-refractivity contribution >= 4 is 0 Å². The molecule has 3 N–H and O–H groups in total. The number of rotatable bonds is 4. The highest BCUT2D eigenvalue weighted by atomic mass is 16.3. The van der Waals surface area contributed by atoms with Crippen molar-refractivity contribution in [3.63, 3.8) is 0 Å². The number of aliphatic hydroxyl groups is 2. The lowest BCUT2D eigenvalue weighted by molar-refractivity contribution is 0.138. The van der Waals surface area contributed by atoms with Gasteiger partial charge in [-0.3, -0.25) is 0 Å². The Morgan fingerprint density at radius 3 is 2.54 bits per heavy atom. The summed E-state index contributed by atoms with van der Waals surface area (Å²) in [5.41, 5.74) is 0.169. The van der Waals surface area contributed by atoms with Gasteiger partial charge in [-0.25, -0.2) is 0 Å². The lowest BCUT2D eigenvalue weighted by Crippen LogP contribution is -2.39. The molecule has 0 radical (unpaired) electrons. The van der Waals surface area contributed by atoms with Gasteiger partial charge in [-0.15, -0.1) is 0 Å². The van der Waals surface area contributed by atoms with Crippen molar-refractivity contribution in [2.75, 3.05) is 13.2 Å². The first kappa shape index (κ1) is 9.44. The fraction of sp³-hybridized carbons (Fsp3) is 1.00. The first-order valence-electron chi connectivity index (χ1n) is 5.28. The molecule has 13 heavy (non-hydrogen) atoms. The number of aliphatic hydroxyl groups excluding tert-OH is 2. The van der Waals surface area contributed by atoms with E-state index in [0.717, 1.165) is 38.6 Å². The molecule has 3 heteroatoms. The minimum absolute atomic E-state index is 0.158. The van der Waals surface area contributed by atoms with Crippen molar-refractivity contribution in [3.05, 3.63) is 0 Å². The second kappa shape index (κ2) is 3.56. The first-order chi connectivity index (χ1) is 6.26. The van der Waals surface area contributed by atoms with Gasteiger partial charge in [-0.2, -0.15) is 0 Å². The lowest BCUT2D eigenvalue weighted by atomic mass is 10.1. The van der Waals surface area contributed by atoms with Gasteiger partial charge in [0.2, 0.25) is 0 Å². The minimum atomic E-state index is -0.158. The second-order valence-electron chi connectivity index (χ2n) is 4.64. The van der Waals surface area contributed by atoms with Gasteiger partial charge in [0.15, 0.2) is 0 Å². The molecule has 0 spiro atoms.